The number of pyridine rings is 1. The van der Waals surface area contributed by atoms with Crippen LogP contribution in [0.3, 0.4) is 0 Å². The highest BCUT2D eigenvalue weighted by atomic mass is 19.4. The van der Waals surface area contributed by atoms with Crippen LogP contribution < -0.4 is 10.0 Å². The lowest BCUT2D eigenvalue weighted by molar-refractivity contribution is -0.605. The number of nitrogens with zero attached hydrogens (tertiary/aromatic N) is 1. The Bertz CT molecular complexity index is 776. The molecule has 2 aromatic rings. The highest BCUT2D eigenvalue weighted by molar-refractivity contribution is 5.97. The first kappa shape index (κ1) is 18.2. The van der Waals surface area contributed by atoms with Crippen LogP contribution in [0.5, 0.6) is 0 Å². The summed E-state index contributed by atoms with van der Waals surface area (Å²) >= 11 is 0. The maximum atomic E-state index is 12.6. The molecule has 1 aromatic heterocycles. The molecule has 1 amide bonds. The monoisotopic (exact) mass is 354 g/mol. The summed E-state index contributed by atoms with van der Waals surface area (Å²) < 4.78 is 43.3. The number of alkyl halides is 3. The summed E-state index contributed by atoms with van der Waals surface area (Å²) in [6.45, 7) is 1.28. The van der Waals surface area contributed by atoms with Crippen molar-refractivity contribution in [3.63, 3.8) is 0 Å². The van der Waals surface area contributed by atoms with E-state index in [-0.39, 0.29) is 11.3 Å². The summed E-state index contributed by atoms with van der Waals surface area (Å²) in [4.78, 5) is 23.8. The van der Waals surface area contributed by atoms with Gasteiger partial charge in [-0.25, -0.2) is 4.79 Å². The van der Waals surface area contributed by atoms with Crippen molar-refractivity contribution < 1.29 is 32.2 Å². The summed E-state index contributed by atoms with van der Waals surface area (Å²) in [7, 11) is 0. The highest BCUT2D eigenvalue weighted by Crippen LogP contribution is 2.30. The number of carbonyl (C=O) groups excluding carboxylic acids is 2. The van der Waals surface area contributed by atoms with Crippen molar-refractivity contribution in [1.29, 1.82) is 0 Å². The summed E-state index contributed by atoms with van der Waals surface area (Å²) in [5.74, 6) is -1.63. The van der Waals surface area contributed by atoms with E-state index in [9.17, 15) is 28.0 Å². The van der Waals surface area contributed by atoms with Gasteiger partial charge < -0.3 is 15.3 Å². The van der Waals surface area contributed by atoms with Gasteiger partial charge in [-0.1, -0.05) is 6.07 Å². The van der Waals surface area contributed by atoms with Crippen molar-refractivity contribution in [1.82, 2.24) is 0 Å². The van der Waals surface area contributed by atoms with Crippen LogP contribution in [-0.4, -0.2) is 18.0 Å². The third kappa shape index (κ3) is 4.93. The van der Waals surface area contributed by atoms with Crippen LogP contribution in [0.1, 0.15) is 22.8 Å². The Kier molecular flexibility index (Phi) is 5.26. The molecule has 25 heavy (non-hydrogen) atoms. The van der Waals surface area contributed by atoms with Gasteiger partial charge in [-0.05, 0) is 25.1 Å². The average molecular weight is 354 g/mol. The smallest absolute Gasteiger partial charge is 0.416 e. The van der Waals surface area contributed by atoms with E-state index in [1.54, 1.807) is 0 Å². The Balaban J connectivity index is 2.01. The van der Waals surface area contributed by atoms with E-state index in [0.717, 1.165) is 30.6 Å². The predicted molar refractivity (Wildman–Crippen MR) is 80.4 cm³/mol. The number of carbonyl (C=O) groups is 2. The number of nitrogens with one attached hydrogen (secondary N) is 1. The van der Waals surface area contributed by atoms with Crippen LogP contribution in [-0.2, 0) is 15.7 Å². The van der Waals surface area contributed by atoms with Crippen molar-refractivity contribution in [3.05, 3.63) is 65.1 Å². The van der Waals surface area contributed by atoms with E-state index in [1.807, 2.05) is 0 Å². The SMILES string of the molecule is C[C@@H](OC(=O)c1cc[n+]([O-])cc1)C(=O)Nc1cccc(C(F)(F)F)c1. The quantitative estimate of drug-likeness (QED) is 0.520. The van der Waals surface area contributed by atoms with Gasteiger partial charge in [0, 0.05) is 17.8 Å². The molecule has 0 bridgehead atoms. The molecule has 6 nitrogen and oxygen atoms in total. The van der Waals surface area contributed by atoms with E-state index in [4.69, 9.17) is 4.74 Å². The number of halogens is 3. The van der Waals surface area contributed by atoms with Crippen molar-refractivity contribution >= 4 is 17.6 Å². The molecule has 0 aliphatic carbocycles. The van der Waals surface area contributed by atoms with Crippen molar-refractivity contribution in [2.45, 2.75) is 19.2 Å². The fraction of sp³-hybridized carbons (Fsp3) is 0.188. The molecule has 1 aromatic carbocycles. The van der Waals surface area contributed by atoms with Crippen LogP contribution in [0, 0.1) is 5.21 Å². The number of anilines is 1. The fourth-order valence-corrected chi connectivity index (χ4v) is 1.85. The number of ether oxygens (including phenoxy) is 1. The fourth-order valence-electron chi connectivity index (χ4n) is 1.85. The second kappa shape index (κ2) is 7.20. The first-order chi connectivity index (χ1) is 11.7. The normalized spacial score (nSPS) is 12.3. The minimum Gasteiger partial charge on any atom is -0.619 e. The molecule has 1 heterocycles. The Morgan fingerprint density at radius 2 is 1.84 bits per heavy atom. The molecule has 0 aliphatic heterocycles. The van der Waals surface area contributed by atoms with Gasteiger partial charge in [-0.2, -0.15) is 17.9 Å². The molecular weight excluding hydrogens is 341 g/mol. The van der Waals surface area contributed by atoms with Crippen LogP contribution in [0.2, 0.25) is 0 Å². The lowest BCUT2D eigenvalue weighted by Crippen LogP contribution is -2.30. The first-order valence-corrected chi connectivity index (χ1v) is 7.05. The third-order valence-corrected chi connectivity index (χ3v) is 3.15. The number of benzene rings is 1. The molecular formula is C16H13F3N2O4. The minimum absolute atomic E-state index is 0.0609. The number of esters is 1. The van der Waals surface area contributed by atoms with E-state index in [1.165, 1.54) is 25.1 Å². The van der Waals surface area contributed by atoms with Crippen molar-refractivity contribution in [2.24, 2.45) is 0 Å². The Morgan fingerprint density at radius 3 is 2.44 bits per heavy atom. The molecule has 0 fully saturated rings. The van der Waals surface area contributed by atoms with Crippen molar-refractivity contribution in [3.8, 4) is 0 Å². The van der Waals surface area contributed by atoms with Crippen LogP contribution in [0.4, 0.5) is 18.9 Å². The molecule has 0 spiro atoms. The lowest BCUT2D eigenvalue weighted by Gasteiger charge is -2.14. The molecule has 0 aliphatic rings. The van der Waals surface area contributed by atoms with E-state index < -0.39 is 29.7 Å². The summed E-state index contributed by atoms with van der Waals surface area (Å²) in [5.41, 5.74) is -0.925. The van der Waals surface area contributed by atoms with Crippen LogP contribution >= 0.6 is 0 Å². The van der Waals surface area contributed by atoms with E-state index in [0.29, 0.717) is 4.73 Å². The van der Waals surface area contributed by atoms with E-state index in [2.05, 4.69) is 5.32 Å². The maximum absolute atomic E-state index is 12.6. The maximum Gasteiger partial charge on any atom is 0.416 e. The summed E-state index contributed by atoms with van der Waals surface area (Å²) in [6.07, 6.45) is -3.61. The summed E-state index contributed by atoms with van der Waals surface area (Å²) in [6, 6.07) is 6.51. The summed E-state index contributed by atoms with van der Waals surface area (Å²) in [5, 5.41) is 13.1. The van der Waals surface area contributed by atoms with Gasteiger partial charge in [0.2, 0.25) is 0 Å². The van der Waals surface area contributed by atoms with Gasteiger partial charge in [-0.15, -0.1) is 0 Å². The molecule has 132 valence electrons. The van der Waals surface area contributed by atoms with Crippen LogP contribution in [0.15, 0.2) is 48.8 Å². The molecule has 1 N–H and O–H groups in total. The van der Waals surface area contributed by atoms with Crippen LogP contribution in [0.25, 0.3) is 0 Å². The number of amides is 1. The van der Waals surface area contributed by atoms with Gasteiger partial charge in [0.1, 0.15) is 0 Å². The molecule has 1 atom stereocenters. The number of aromatic nitrogens is 1. The van der Waals surface area contributed by atoms with Gasteiger partial charge in [0.25, 0.3) is 5.91 Å². The molecule has 2 rings (SSSR count). The first-order valence-electron chi connectivity index (χ1n) is 7.05. The number of hydrogen-bond donors (Lipinski definition) is 1. The molecule has 0 saturated heterocycles. The molecule has 0 radical (unpaired) electrons. The average Bonchev–Trinajstić information content (AvgIpc) is 2.54. The Labute approximate surface area is 140 Å². The topological polar surface area (TPSA) is 82.3 Å². The second-order valence-corrected chi connectivity index (χ2v) is 5.06. The minimum atomic E-state index is -4.54. The van der Waals surface area contributed by atoms with Gasteiger partial charge >= 0.3 is 12.1 Å². The Morgan fingerprint density at radius 1 is 1.20 bits per heavy atom. The zero-order valence-electron chi connectivity index (χ0n) is 12.9. The standard InChI is InChI=1S/C16H13F3N2O4/c1-10(25-15(23)11-5-7-21(24)8-6-11)14(22)20-13-4-2-3-12(9-13)16(17,18)19/h2-10H,1H3,(H,20,22)/t10-/m1/s1. The molecule has 0 saturated carbocycles. The number of hydrogen-bond acceptors (Lipinski definition) is 4. The third-order valence-electron chi connectivity index (χ3n) is 3.15. The predicted octanol–water partition coefficient (Wildman–Crippen LogP) is 2.52. The molecule has 9 heteroatoms. The van der Waals surface area contributed by atoms with Gasteiger partial charge in [0.05, 0.1) is 11.1 Å². The van der Waals surface area contributed by atoms with Gasteiger partial charge in [0.15, 0.2) is 18.5 Å². The largest absolute Gasteiger partial charge is 0.619 e. The second-order valence-electron chi connectivity index (χ2n) is 5.06. The Hall–Kier alpha value is -3.10. The van der Waals surface area contributed by atoms with E-state index >= 15 is 0 Å². The van der Waals surface area contributed by atoms with Gasteiger partial charge in [-0.3, -0.25) is 4.79 Å². The van der Waals surface area contributed by atoms with Crippen molar-refractivity contribution in [2.75, 3.05) is 5.32 Å². The zero-order valence-corrected chi connectivity index (χ0v) is 12.9. The lowest BCUT2D eigenvalue weighted by atomic mass is 10.2. The highest BCUT2D eigenvalue weighted by Gasteiger charge is 2.30. The zero-order chi connectivity index (χ0) is 18.6. The number of rotatable bonds is 4. The molecule has 0 unspecified atom stereocenters.